The first-order valence-electron chi connectivity index (χ1n) is 2.55. The summed E-state index contributed by atoms with van der Waals surface area (Å²) in [5, 5.41) is 0. The lowest BCUT2D eigenvalue weighted by Crippen LogP contribution is -2.16. The topological polar surface area (TPSA) is 52.6 Å². The molecular weight excluding hydrogens is 160 g/mol. The third-order valence-electron chi connectivity index (χ3n) is 0.591. The number of rotatable bonds is 2. The predicted octanol–water partition coefficient (Wildman–Crippen LogP) is 1.27. The highest BCUT2D eigenvalue weighted by Gasteiger charge is 2.07. The van der Waals surface area contributed by atoms with Crippen LogP contribution in [0.3, 0.4) is 0 Å². The van der Waals surface area contributed by atoms with Crippen LogP contribution in [0.1, 0.15) is 13.8 Å². The molecule has 0 spiro atoms. The van der Waals surface area contributed by atoms with E-state index in [0.29, 0.717) is 0 Å². The van der Waals surface area contributed by atoms with E-state index in [4.69, 9.17) is 11.6 Å². The van der Waals surface area contributed by atoms with Gasteiger partial charge in [0.2, 0.25) is 6.29 Å². The first-order chi connectivity index (χ1) is 4.52. The molecule has 0 aliphatic carbocycles. The molecule has 1 atom stereocenters. The fraction of sp³-hybridized carbons (Fsp3) is 0.600. The Morgan fingerprint density at radius 3 is 2.20 bits per heavy atom. The molecule has 0 N–H and O–H groups in total. The lowest BCUT2D eigenvalue weighted by molar-refractivity contribution is -0.160. The predicted molar refractivity (Wildman–Crippen MR) is 33.6 cm³/mol. The summed E-state index contributed by atoms with van der Waals surface area (Å²) < 4.78 is 8.64. The molecule has 0 saturated heterocycles. The number of esters is 1. The summed E-state index contributed by atoms with van der Waals surface area (Å²) in [5.41, 5.74) is -0.992. The van der Waals surface area contributed by atoms with Gasteiger partial charge in [-0.1, -0.05) is 0 Å². The van der Waals surface area contributed by atoms with Crippen LogP contribution in [0.4, 0.5) is 4.79 Å². The van der Waals surface area contributed by atoms with E-state index in [1.54, 1.807) is 0 Å². The zero-order chi connectivity index (χ0) is 8.15. The average Bonchev–Trinajstić information content (AvgIpc) is 1.58. The molecule has 1 unspecified atom stereocenters. The molecule has 10 heavy (non-hydrogen) atoms. The maximum atomic E-state index is 10.2. The number of hydrogen-bond donors (Lipinski definition) is 0. The molecule has 0 fully saturated rings. The van der Waals surface area contributed by atoms with E-state index in [-0.39, 0.29) is 0 Å². The Kier molecular flexibility index (Phi) is 3.79. The highest BCUT2D eigenvalue weighted by molar-refractivity contribution is 6.61. The molecule has 5 heteroatoms. The number of carbonyl (C=O) groups is 2. The minimum atomic E-state index is -0.992. The molecule has 0 aliphatic heterocycles. The monoisotopic (exact) mass is 166 g/mol. The van der Waals surface area contributed by atoms with Gasteiger partial charge in [-0.25, -0.2) is 4.79 Å². The van der Waals surface area contributed by atoms with Crippen LogP contribution in [0.15, 0.2) is 0 Å². The largest absolute Gasteiger partial charge is 0.426 e. The molecule has 0 radical (unpaired) electrons. The summed E-state index contributed by atoms with van der Waals surface area (Å²) in [4.78, 5) is 20.2. The zero-order valence-electron chi connectivity index (χ0n) is 5.59. The molecule has 0 aromatic rings. The van der Waals surface area contributed by atoms with Crippen LogP contribution >= 0.6 is 11.6 Å². The number of carbonyl (C=O) groups excluding carboxylic acids is 2. The van der Waals surface area contributed by atoms with Gasteiger partial charge < -0.3 is 9.47 Å². The Morgan fingerprint density at radius 1 is 1.40 bits per heavy atom. The third-order valence-corrected chi connectivity index (χ3v) is 0.680. The Bertz CT molecular complexity index is 129. The summed E-state index contributed by atoms with van der Waals surface area (Å²) in [6.07, 6.45) is -0.914. The van der Waals surface area contributed by atoms with Crippen molar-refractivity contribution in [3.05, 3.63) is 0 Å². The molecule has 0 heterocycles. The molecular formula is C5H7ClO4. The number of ether oxygens (including phenoxy) is 2. The van der Waals surface area contributed by atoms with E-state index in [1.165, 1.54) is 13.8 Å². The zero-order valence-corrected chi connectivity index (χ0v) is 6.34. The van der Waals surface area contributed by atoms with Crippen LogP contribution in [0.5, 0.6) is 0 Å². The first-order valence-corrected chi connectivity index (χ1v) is 2.93. The molecule has 0 aliphatic rings. The van der Waals surface area contributed by atoms with E-state index in [1.807, 2.05) is 0 Å². The maximum absolute atomic E-state index is 10.2. The number of hydrogen-bond acceptors (Lipinski definition) is 4. The standard InChI is InChI=1S/C5H7ClO4/c1-3(7)9-4(2)10-5(6)8/h4H,1-2H3. The molecule has 58 valence electrons. The van der Waals surface area contributed by atoms with Gasteiger partial charge in [-0.2, -0.15) is 0 Å². The average molecular weight is 167 g/mol. The van der Waals surface area contributed by atoms with E-state index in [2.05, 4.69) is 9.47 Å². The lowest BCUT2D eigenvalue weighted by Gasteiger charge is -2.09. The molecule has 0 amide bonds. The summed E-state index contributed by atoms with van der Waals surface area (Å²) in [6.45, 7) is 2.60. The van der Waals surface area contributed by atoms with Gasteiger partial charge >= 0.3 is 11.4 Å². The Labute approximate surface area is 63.1 Å². The van der Waals surface area contributed by atoms with E-state index in [9.17, 15) is 9.59 Å². The second kappa shape index (κ2) is 4.11. The quantitative estimate of drug-likeness (QED) is 0.352. The summed E-state index contributed by atoms with van der Waals surface area (Å²) in [5.74, 6) is -0.523. The fourth-order valence-electron chi connectivity index (χ4n) is 0.388. The Balaban J connectivity index is 3.53. The van der Waals surface area contributed by atoms with Gasteiger partial charge in [-0.3, -0.25) is 4.79 Å². The van der Waals surface area contributed by atoms with Gasteiger partial charge in [0.15, 0.2) is 0 Å². The Morgan fingerprint density at radius 2 is 1.90 bits per heavy atom. The minimum Gasteiger partial charge on any atom is -0.426 e. The molecule has 0 rings (SSSR count). The van der Waals surface area contributed by atoms with Crippen LogP contribution in [0, 0.1) is 0 Å². The van der Waals surface area contributed by atoms with Crippen molar-refractivity contribution in [1.82, 2.24) is 0 Å². The van der Waals surface area contributed by atoms with Crippen molar-refractivity contribution in [3.63, 3.8) is 0 Å². The van der Waals surface area contributed by atoms with Crippen LogP contribution in [-0.2, 0) is 14.3 Å². The summed E-state index contributed by atoms with van der Waals surface area (Å²) >= 11 is 4.80. The minimum absolute atomic E-state index is 0.523. The Hall–Kier alpha value is -0.770. The molecule has 0 aromatic carbocycles. The van der Waals surface area contributed by atoms with Crippen LogP contribution in [0.25, 0.3) is 0 Å². The third kappa shape index (κ3) is 5.37. The van der Waals surface area contributed by atoms with Crippen molar-refractivity contribution in [3.8, 4) is 0 Å². The van der Waals surface area contributed by atoms with Crippen molar-refractivity contribution in [2.45, 2.75) is 20.1 Å². The SMILES string of the molecule is CC(=O)OC(C)OC(=O)Cl. The van der Waals surface area contributed by atoms with Crippen molar-refractivity contribution < 1.29 is 19.1 Å². The van der Waals surface area contributed by atoms with E-state index < -0.39 is 17.7 Å². The molecule has 0 saturated carbocycles. The van der Waals surface area contributed by atoms with Gasteiger partial charge in [-0.05, 0) is 0 Å². The van der Waals surface area contributed by atoms with Gasteiger partial charge in [0.1, 0.15) is 0 Å². The van der Waals surface area contributed by atoms with E-state index >= 15 is 0 Å². The van der Waals surface area contributed by atoms with Crippen LogP contribution in [0.2, 0.25) is 0 Å². The summed E-state index contributed by atoms with van der Waals surface area (Å²) in [6, 6.07) is 0. The highest BCUT2D eigenvalue weighted by atomic mass is 35.5. The van der Waals surface area contributed by atoms with Crippen molar-refractivity contribution in [2.24, 2.45) is 0 Å². The van der Waals surface area contributed by atoms with Crippen molar-refractivity contribution in [1.29, 1.82) is 0 Å². The lowest BCUT2D eigenvalue weighted by atomic mass is 10.7. The van der Waals surface area contributed by atoms with Crippen molar-refractivity contribution >= 4 is 23.0 Å². The van der Waals surface area contributed by atoms with Gasteiger partial charge in [-0.15, -0.1) is 0 Å². The number of halogens is 1. The molecule has 0 aromatic heterocycles. The molecule has 0 bridgehead atoms. The smallest absolute Gasteiger partial charge is 0.406 e. The second-order valence-corrected chi connectivity index (χ2v) is 1.84. The van der Waals surface area contributed by atoms with Gasteiger partial charge in [0, 0.05) is 25.4 Å². The normalized spacial score (nSPS) is 11.9. The van der Waals surface area contributed by atoms with Crippen LogP contribution < -0.4 is 0 Å². The van der Waals surface area contributed by atoms with Gasteiger partial charge in [0.25, 0.3) is 0 Å². The van der Waals surface area contributed by atoms with E-state index in [0.717, 1.165) is 0 Å². The van der Waals surface area contributed by atoms with Crippen LogP contribution in [-0.4, -0.2) is 17.7 Å². The fourth-order valence-corrected chi connectivity index (χ4v) is 0.514. The first kappa shape index (κ1) is 9.23. The second-order valence-electron chi connectivity index (χ2n) is 1.53. The van der Waals surface area contributed by atoms with Gasteiger partial charge in [0.05, 0.1) is 0 Å². The van der Waals surface area contributed by atoms with Crippen molar-refractivity contribution in [2.75, 3.05) is 0 Å². The summed E-state index contributed by atoms with van der Waals surface area (Å²) in [7, 11) is 0. The molecule has 4 nitrogen and oxygen atoms in total. The highest BCUT2D eigenvalue weighted by Crippen LogP contribution is 1.97. The maximum Gasteiger partial charge on any atom is 0.406 e.